The molecule has 0 unspecified atom stereocenters. The number of aryl methyl sites for hydroxylation is 3. The summed E-state index contributed by atoms with van der Waals surface area (Å²) >= 11 is 0. The van der Waals surface area contributed by atoms with Crippen molar-refractivity contribution in [1.82, 2.24) is 19.7 Å². The molecule has 2 heterocycles. The Morgan fingerprint density at radius 3 is 2.68 bits per heavy atom. The Balaban J connectivity index is 1.94. The highest BCUT2D eigenvalue weighted by atomic mass is 16.2. The minimum Gasteiger partial charge on any atom is -0.337 e. The van der Waals surface area contributed by atoms with Gasteiger partial charge < -0.3 is 4.90 Å². The van der Waals surface area contributed by atoms with E-state index in [1.54, 1.807) is 4.90 Å². The van der Waals surface area contributed by atoms with Crippen LogP contribution in [0, 0.1) is 6.92 Å². The van der Waals surface area contributed by atoms with E-state index >= 15 is 0 Å². The lowest BCUT2D eigenvalue weighted by molar-refractivity contribution is 0.0787. The van der Waals surface area contributed by atoms with Crippen LogP contribution in [0.15, 0.2) is 36.7 Å². The molecule has 0 spiro atoms. The summed E-state index contributed by atoms with van der Waals surface area (Å²) in [6, 6.07) is 8.04. The first-order valence-electron chi connectivity index (χ1n) is 8.69. The summed E-state index contributed by atoms with van der Waals surface area (Å²) in [5.74, 6) is 0.00741. The summed E-state index contributed by atoms with van der Waals surface area (Å²) in [5.41, 5.74) is 4.67. The monoisotopic (exact) mass is 336 g/mol. The molecule has 0 aliphatic rings. The van der Waals surface area contributed by atoms with E-state index in [9.17, 15) is 4.79 Å². The van der Waals surface area contributed by atoms with Crippen LogP contribution >= 0.6 is 0 Å². The molecule has 0 aliphatic carbocycles. The number of rotatable bonds is 5. The second-order valence-corrected chi connectivity index (χ2v) is 6.38. The van der Waals surface area contributed by atoms with E-state index in [0.717, 1.165) is 35.1 Å². The molecule has 1 aromatic carbocycles. The van der Waals surface area contributed by atoms with Gasteiger partial charge in [0.25, 0.3) is 5.91 Å². The van der Waals surface area contributed by atoms with Crippen molar-refractivity contribution in [1.29, 1.82) is 0 Å². The van der Waals surface area contributed by atoms with Gasteiger partial charge in [0.15, 0.2) is 0 Å². The third-order valence-corrected chi connectivity index (χ3v) is 4.42. The fraction of sp³-hybridized carbons (Fsp3) is 0.350. The number of benzene rings is 1. The fourth-order valence-electron chi connectivity index (χ4n) is 3.01. The summed E-state index contributed by atoms with van der Waals surface area (Å²) in [6.45, 7) is 7.45. The molecule has 2 aromatic heterocycles. The number of aromatic nitrogens is 3. The smallest absolute Gasteiger partial charge is 0.254 e. The first-order chi connectivity index (χ1) is 12.0. The molecule has 0 bridgehead atoms. The van der Waals surface area contributed by atoms with Gasteiger partial charge in [-0.3, -0.25) is 14.5 Å². The van der Waals surface area contributed by atoms with Gasteiger partial charge in [0, 0.05) is 43.0 Å². The maximum atomic E-state index is 13.1. The predicted molar refractivity (Wildman–Crippen MR) is 99.6 cm³/mol. The maximum Gasteiger partial charge on any atom is 0.254 e. The first-order valence-corrected chi connectivity index (χ1v) is 8.69. The number of carbonyl (C=O) groups excluding carboxylic acids is 1. The topological polar surface area (TPSA) is 51.0 Å². The van der Waals surface area contributed by atoms with Crippen LogP contribution in [0.5, 0.6) is 0 Å². The molecule has 5 nitrogen and oxygen atoms in total. The van der Waals surface area contributed by atoms with Crippen molar-refractivity contribution in [3.8, 4) is 0 Å². The molecule has 3 rings (SSSR count). The van der Waals surface area contributed by atoms with E-state index in [-0.39, 0.29) is 5.91 Å². The zero-order chi connectivity index (χ0) is 18.0. The van der Waals surface area contributed by atoms with Crippen LogP contribution in [0.3, 0.4) is 0 Å². The van der Waals surface area contributed by atoms with E-state index < -0.39 is 0 Å². The SMILES string of the molecule is CCc1ccc2nc(C)cc(C(=O)N(C)Cc3cnn(CC)c3)c2c1. The lowest BCUT2D eigenvalue weighted by Gasteiger charge is -2.18. The van der Waals surface area contributed by atoms with Gasteiger partial charge in [-0.1, -0.05) is 13.0 Å². The Hall–Kier alpha value is -2.69. The Morgan fingerprint density at radius 1 is 1.20 bits per heavy atom. The average Bonchev–Trinajstić information content (AvgIpc) is 3.07. The van der Waals surface area contributed by atoms with Gasteiger partial charge in [-0.05, 0) is 44.0 Å². The van der Waals surface area contributed by atoms with E-state index in [4.69, 9.17) is 0 Å². The van der Waals surface area contributed by atoms with Crippen molar-refractivity contribution in [2.24, 2.45) is 0 Å². The van der Waals surface area contributed by atoms with E-state index in [1.165, 1.54) is 5.56 Å². The maximum absolute atomic E-state index is 13.1. The lowest BCUT2D eigenvalue weighted by Crippen LogP contribution is -2.26. The van der Waals surface area contributed by atoms with E-state index in [2.05, 4.69) is 29.1 Å². The second-order valence-electron chi connectivity index (χ2n) is 6.38. The van der Waals surface area contributed by atoms with Crippen molar-refractivity contribution in [2.75, 3.05) is 7.05 Å². The quantitative estimate of drug-likeness (QED) is 0.715. The van der Waals surface area contributed by atoms with Crippen LogP contribution in [0.1, 0.15) is 41.0 Å². The van der Waals surface area contributed by atoms with Crippen LogP contribution in [0.4, 0.5) is 0 Å². The second kappa shape index (κ2) is 7.05. The zero-order valence-corrected chi connectivity index (χ0v) is 15.3. The number of nitrogens with zero attached hydrogens (tertiary/aromatic N) is 4. The highest BCUT2D eigenvalue weighted by Gasteiger charge is 2.17. The van der Waals surface area contributed by atoms with Crippen LogP contribution < -0.4 is 0 Å². The molecule has 0 atom stereocenters. The molecule has 0 radical (unpaired) electrons. The third-order valence-electron chi connectivity index (χ3n) is 4.42. The highest BCUT2D eigenvalue weighted by Crippen LogP contribution is 2.22. The molecule has 0 N–H and O–H groups in total. The molecule has 1 amide bonds. The number of hydrogen-bond donors (Lipinski definition) is 0. The van der Waals surface area contributed by atoms with E-state index in [0.29, 0.717) is 12.1 Å². The Bertz CT molecular complexity index is 913. The minimum atomic E-state index is 0.00741. The third kappa shape index (κ3) is 3.55. The molecule has 25 heavy (non-hydrogen) atoms. The molecule has 0 aliphatic heterocycles. The van der Waals surface area contributed by atoms with Crippen LogP contribution in [0.2, 0.25) is 0 Å². The largest absolute Gasteiger partial charge is 0.337 e. The Kier molecular flexibility index (Phi) is 4.83. The number of pyridine rings is 1. The Morgan fingerprint density at radius 2 is 2.00 bits per heavy atom. The standard InChI is InChI=1S/C20H24N4O/c1-5-15-7-8-19-17(10-15)18(9-14(3)22-19)20(25)23(4)12-16-11-21-24(6-2)13-16/h7-11,13H,5-6,12H2,1-4H3. The van der Waals surface area contributed by atoms with Crippen molar-refractivity contribution < 1.29 is 4.79 Å². The molecule has 5 heteroatoms. The zero-order valence-electron chi connectivity index (χ0n) is 15.3. The van der Waals surface area contributed by atoms with Crippen LogP contribution in [0.25, 0.3) is 10.9 Å². The van der Waals surface area contributed by atoms with Crippen molar-refractivity contribution >= 4 is 16.8 Å². The van der Waals surface area contributed by atoms with Gasteiger partial charge in [0.1, 0.15) is 0 Å². The van der Waals surface area contributed by atoms with Crippen molar-refractivity contribution in [3.63, 3.8) is 0 Å². The summed E-state index contributed by atoms with van der Waals surface area (Å²) < 4.78 is 1.87. The van der Waals surface area contributed by atoms with Gasteiger partial charge in [-0.25, -0.2) is 0 Å². The first kappa shape index (κ1) is 17.1. The lowest BCUT2D eigenvalue weighted by atomic mass is 10.0. The Labute approximate surface area is 148 Å². The van der Waals surface area contributed by atoms with Gasteiger partial charge in [-0.2, -0.15) is 5.10 Å². The average molecular weight is 336 g/mol. The molecule has 0 saturated heterocycles. The van der Waals surface area contributed by atoms with Crippen LogP contribution in [-0.2, 0) is 19.5 Å². The van der Waals surface area contributed by atoms with Gasteiger partial charge in [-0.15, -0.1) is 0 Å². The minimum absolute atomic E-state index is 0.00741. The molecule has 130 valence electrons. The molecule has 0 fully saturated rings. The van der Waals surface area contributed by atoms with Gasteiger partial charge in [0.05, 0.1) is 17.3 Å². The molecule has 3 aromatic rings. The normalized spacial score (nSPS) is 11.0. The fourth-order valence-corrected chi connectivity index (χ4v) is 3.01. The predicted octanol–water partition coefficient (Wildman–Crippen LogP) is 3.59. The van der Waals surface area contributed by atoms with Crippen LogP contribution in [-0.4, -0.2) is 32.6 Å². The number of hydrogen-bond acceptors (Lipinski definition) is 3. The molecule has 0 saturated carbocycles. The molecular weight excluding hydrogens is 312 g/mol. The summed E-state index contributed by atoms with van der Waals surface area (Å²) in [7, 11) is 1.83. The number of amides is 1. The van der Waals surface area contributed by atoms with E-state index in [1.807, 2.05) is 50.1 Å². The number of fused-ring (bicyclic) bond motifs is 1. The summed E-state index contributed by atoms with van der Waals surface area (Å²) in [6.07, 6.45) is 4.73. The van der Waals surface area contributed by atoms with Crippen molar-refractivity contribution in [2.45, 2.75) is 40.3 Å². The number of carbonyl (C=O) groups is 1. The van der Waals surface area contributed by atoms with Gasteiger partial charge >= 0.3 is 0 Å². The summed E-state index contributed by atoms with van der Waals surface area (Å²) in [5, 5.41) is 5.20. The molecular formula is C20H24N4O. The highest BCUT2D eigenvalue weighted by molar-refractivity contribution is 6.06. The van der Waals surface area contributed by atoms with Crippen molar-refractivity contribution in [3.05, 3.63) is 59.0 Å². The van der Waals surface area contributed by atoms with Gasteiger partial charge in [0.2, 0.25) is 0 Å². The summed E-state index contributed by atoms with van der Waals surface area (Å²) in [4.78, 5) is 19.4.